The van der Waals surface area contributed by atoms with Crippen molar-refractivity contribution in [2.24, 2.45) is 4.99 Å². The molecule has 1 N–H and O–H groups in total. The van der Waals surface area contributed by atoms with Crippen molar-refractivity contribution in [3.63, 3.8) is 0 Å². The molecule has 5 nitrogen and oxygen atoms in total. The molecule has 0 aliphatic carbocycles. The third kappa shape index (κ3) is 3.43. The summed E-state index contributed by atoms with van der Waals surface area (Å²) < 4.78 is 0. The van der Waals surface area contributed by atoms with Crippen molar-refractivity contribution in [1.82, 2.24) is 0 Å². The van der Waals surface area contributed by atoms with E-state index in [1.54, 1.807) is 25.3 Å². The first kappa shape index (κ1) is 12.3. The van der Waals surface area contributed by atoms with Gasteiger partial charge in [-0.2, -0.15) is 0 Å². The highest BCUT2D eigenvalue weighted by Crippen LogP contribution is 2.18. The fraction of sp³-hybridized carbons (Fsp3) is 0.364. The van der Waals surface area contributed by atoms with Crippen molar-refractivity contribution in [3.05, 3.63) is 39.4 Å². The molecule has 0 saturated heterocycles. The summed E-state index contributed by atoms with van der Waals surface area (Å²) >= 11 is 0. The number of aliphatic imine (C=N–C) groups is 1. The zero-order valence-electron chi connectivity index (χ0n) is 9.09. The normalized spacial score (nSPS) is 10.9. The summed E-state index contributed by atoms with van der Waals surface area (Å²) in [6.45, 7) is 2.15. The van der Waals surface area contributed by atoms with E-state index >= 15 is 0 Å². The lowest BCUT2D eigenvalue weighted by Gasteiger charge is -2.00. The van der Waals surface area contributed by atoms with Gasteiger partial charge in [0, 0.05) is 24.3 Å². The number of hydrogen-bond acceptors (Lipinski definition) is 4. The molecule has 0 heterocycles. The number of hydrogen-bond donors (Lipinski definition) is 1. The fourth-order valence-electron chi connectivity index (χ4n) is 1.37. The maximum Gasteiger partial charge on any atom is 0.272 e. The summed E-state index contributed by atoms with van der Waals surface area (Å²) in [6, 6.07) is 5.00. The van der Waals surface area contributed by atoms with Crippen LogP contribution in [0.25, 0.3) is 0 Å². The average molecular weight is 222 g/mol. The van der Waals surface area contributed by atoms with Crippen LogP contribution in [0.3, 0.4) is 0 Å². The van der Waals surface area contributed by atoms with E-state index in [1.807, 2.05) is 0 Å². The van der Waals surface area contributed by atoms with E-state index in [4.69, 9.17) is 5.11 Å². The van der Waals surface area contributed by atoms with Gasteiger partial charge in [0.1, 0.15) is 0 Å². The molecule has 86 valence electrons. The molecule has 0 aromatic heterocycles. The molecule has 0 radical (unpaired) electrons. The molecule has 0 bridgehead atoms. The lowest BCUT2D eigenvalue weighted by Crippen LogP contribution is -1.95. The van der Waals surface area contributed by atoms with Crippen LogP contribution < -0.4 is 0 Å². The van der Waals surface area contributed by atoms with Gasteiger partial charge in [-0.3, -0.25) is 15.1 Å². The van der Waals surface area contributed by atoms with E-state index in [-0.39, 0.29) is 17.2 Å². The second kappa shape index (κ2) is 5.97. The second-order valence-corrected chi connectivity index (χ2v) is 3.39. The Morgan fingerprint density at radius 2 is 2.31 bits per heavy atom. The summed E-state index contributed by atoms with van der Waals surface area (Å²) in [5, 5.41) is 19.1. The number of nitro benzene ring substituents is 1. The van der Waals surface area contributed by atoms with E-state index in [2.05, 4.69) is 4.99 Å². The molecule has 0 aliphatic rings. The number of nitrogens with zero attached hydrogens (tertiary/aromatic N) is 2. The number of aryl methyl sites for hydroxylation is 1. The molecule has 1 aromatic rings. The van der Waals surface area contributed by atoms with Gasteiger partial charge in [-0.1, -0.05) is 6.07 Å². The molecule has 0 atom stereocenters. The minimum absolute atomic E-state index is 0.0375. The Kier molecular flexibility index (Phi) is 4.60. The zero-order chi connectivity index (χ0) is 12.0. The largest absolute Gasteiger partial charge is 0.394 e. The minimum atomic E-state index is -0.390. The van der Waals surface area contributed by atoms with Gasteiger partial charge >= 0.3 is 0 Å². The first-order valence-electron chi connectivity index (χ1n) is 4.98. The van der Waals surface area contributed by atoms with Gasteiger partial charge in [0.05, 0.1) is 18.1 Å². The molecule has 1 rings (SSSR count). The standard InChI is InChI=1S/C11H14N2O3/c1-9-8-10(4-5-12-6-7-14)2-3-11(9)13(15)16/h2-3,5,8,14H,4,6-7H2,1H3. The Morgan fingerprint density at radius 1 is 1.56 bits per heavy atom. The van der Waals surface area contributed by atoms with Crippen molar-refractivity contribution in [2.75, 3.05) is 13.2 Å². The predicted octanol–water partition coefficient (Wildman–Crippen LogP) is 1.51. The highest BCUT2D eigenvalue weighted by Gasteiger charge is 2.09. The quantitative estimate of drug-likeness (QED) is 0.466. The average Bonchev–Trinajstić information content (AvgIpc) is 2.24. The van der Waals surface area contributed by atoms with Gasteiger partial charge < -0.3 is 5.11 Å². The summed E-state index contributed by atoms with van der Waals surface area (Å²) in [4.78, 5) is 14.2. The second-order valence-electron chi connectivity index (χ2n) is 3.39. The van der Waals surface area contributed by atoms with Crippen LogP contribution in [0.2, 0.25) is 0 Å². The summed E-state index contributed by atoms with van der Waals surface area (Å²) in [7, 11) is 0. The maximum absolute atomic E-state index is 10.6. The molecule has 0 saturated carbocycles. The number of nitro groups is 1. The van der Waals surface area contributed by atoms with E-state index in [0.29, 0.717) is 18.5 Å². The van der Waals surface area contributed by atoms with Crippen LogP contribution in [0.15, 0.2) is 23.2 Å². The molecule has 0 aliphatic heterocycles. The SMILES string of the molecule is Cc1cc(CC=NCCO)ccc1[N+](=O)[O-]. The van der Waals surface area contributed by atoms with Crippen molar-refractivity contribution < 1.29 is 10.0 Å². The lowest BCUT2D eigenvalue weighted by atomic mass is 10.1. The van der Waals surface area contributed by atoms with Crippen molar-refractivity contribution in [1.29, 1.82) is 0 Å². The maximum atomic E-state index is 10.6. The van der Waals surface area contributed by atoms with Crippen molar-refractivity contribution in [2.45, 2.75) is 13.3 Å². The van der Waals surface area contributed by atoms with Gasteiger partial charge in [-0.25, -0.2) is 0 Å². The molecule has 16 heavy (non-hydrogen) atoms. The summed E-state index contributed by atoms with van der Waals surface area (Å²) in [5.41, 5.74) is 1.76. The highest BCUT2D eigenvalue weighted by atomic mass is 16.6. The zero-order valence-corrected chi connectivity index (χ0v) is 9.09. The Labute approximate surface area is 93.6 Å². The van der Waals surface area contributed by atoms with Crippen molar-refractivity contribution in [3.8, 4) is 0 Å². The molecule has 0 amide bonds. The fourth-order valence-corrected chi connectivity index (χ4v) is 1.37. The summed E-state index contributed by atoms with van der Waals surface area (Å²) in [5.74, 6) is 0. The lowest BCUT2D eigenvalue weighted by molar-refractivity contribution is -0.385. The van der Waals surface area contributed by atoms with Crippen LogP contribution in [0.4, 0.5) is 5.69 Å². The van der Waals surface area contributed by atoms with Crippen LogP contribution in [0.1, 0.15) is 11.1 Å². The molecule has 0 unspecified atom stereocenters. The third-order valence-electron chi connectivity index (χ3n) is 2.14. The summed E-state index contributed by atoms with van der Waals surface area (Å²) in [6.07, 6.45) is 2.33. The topological polar surface area (TPSA) is 75.7 Å². The predicted molar refractivity (Wildman–Crippen MR) is 62.0 cm³/mol. The van der Waals surface area contributed by atoms with Gasteiger partial charge in [-0.05, 0) is 18.6 Å². The van der Waals surface area contributed by atoms with Crippen LogP contribution in [0, 0.1) is 17.0 Å². The van der Waals surface area contributed by atoms with E-state index in [0.717, 1.165) is 5.56 Å². The number of benzene rings is 1. The van der Waals surface area contributed by atoms with Crippen LogP contribution >= 0.6 is 0 Å². The molecular weight excluding hydrogens is 208 g/mol. The minimum Gasteiger partial charge on any atom is -0.394 e. The van der Waals surface area contributed by atoms with E-state index < -0.39 is 0 Å². The smallest absolute Gasteiger partial charge is 0.272 e. The van der Waals surface area contributed by atoms with Gasteiger partial charge in [-0.15, -0.1) is 0 Å². The van der Waals surface area contributed by atoms with Crippen LogP contribution in [0.5, 0.6) is 0 Å². The van der Waals surface area contributed by atoms with Gasteiger partial charge in [0.25, 0.3) is 5.69 Å². The number of rotatable bonds is 5. The molecule has 0 spiro atoms. The van der Waals surface area contributed by atoms with Crippen LogP contribution in [-0.2, 0) is 6.42 Å². The van der Waals surface area contributed by atoms with E-state index in [9.17, 15) is 10.1 Å². The third-order valence-corrected chi connectivity index (χ3v) is 2.14. The molecule has 0 fully saturated rings. The number of aliphatic hydroxyl groups excluding tert-OH is 1. The van der Waals surface area contributed by atoms with E-state index in [1.165, 1.54) is 6.07 Å². The first-order valence-corrected chi connectivity index (χ1v) is 4.98. The monoisotopic (exact) mass is 222 g/mol. The Hall–Kier alpha value is -1.75. The van der Waals surface area contributed by atoms with Gasteiger partial charge in [0.2, 0.25) is 0 Å². The Balaban J connectivity index is 2.70. The molecule has 5 heteroatoms. The van der Waals surface area contributed by atoms with Gasteiger partial charge in [0.15, 0.2) is 0 Å². The Morgan fingerprint density at radius 3 is 2.88 bits per heavy atom. The number of aliphatic hydroxyl groups is 1. The van der Waals surface area contributed by atoms with Crippen LogP contribution in [-0.4, -0.2) is 29.4 Å². The van der Waals surface area contributed by atoms with Crippen molar-refractivity contribution >= 4 is 11.9 Å². The first-order chi connectivity index (χ1) is 7.65. The highest BCUT2D eigenvalue weighted by molar-refractivity contribution is 5.62. The molecular formula is C11H14N2O3. The Bertz CT molecular complexity index is 402. The molecule has 1 aromatic carbocycles.